The number of sulfonamides is 1. The number of hydrogen-bond acceptors (Lipinski definition) is 5. The van der Waals surface area contributed by atoms with Crippen molar-refractivity contribution < 1.29 is 13.3 Å². The van der Waals surface area contributed by atoms with Crippen LogP contribution in [0.2, 0.25) is 0 Å². The van der Waals surface area contributed by atoms with E-state index in [-0.39, 0.29) is 10.6 Å². The number of fused-ring (bicyclic) bond motifs is 1. The molecule has 0 amide bonds. The highest BCUT2D eigenvalue weighted by atomic mass is 32.2. The van der Waals surface area contributed by atoms with Crippen molar-refractivity contribution in [3.05, 3.63) is 88.7 Å². The van der Waals surface area contributed by atoms with Crippen LogP contribution in [0.3, 0.4) is 0 Å². The molecule has 4 rings (SSSR count). The highest BCUT2D eigenvalue weighted by molar-refractivity contribution is 7.92. The van der Waals surface area contributed by atoms with Gasteiger partial charge in [-0.2, -0.15) is 0 Å². The minimum atomic E-state index is -3.96. The Bertz CT molecular complexity index is 1330. The van der Waals surface area contributed by atoms with E-state index in [1.165, 1.54) is 12.1 Å². The molecule has 0 aliphatic heterocycles. The topological polar surface area (TPSA) is 107 Å². The van der Waals surface area contributed by atoms with Gasteiger partial charge in [-0.05, 0) is 49.4 Å². The number of anilines is 1. The molecule has 9 heteroatoms. The van der Waals surface area contributed by atoms with Crippen LogP contribution in [0.4, 0.5) is 11.4 Å². The third-order valence-corrected chi connectivity index (χ3v) is 5.92. The predicted molar refractivity (Wildman–Crippen MR) is 110 cm³/mol. The number of benzene rings is 3. The second kappa shape index (κ2) is 7.02. The van der Waals surface area contributed by atoms with Crippen LogP contribution < -0.4 is 4.72 Å². The molecular formula is C20H16N4O4S. The summed E-state index contributed by atoms with van der Waals surface area (Å²) < 4.78 is 29.6. The van der Waals surface area contributed by atoms with E-state index in [0.29, 0.717) is 11.3 Å². The number of nitrogens with one attached hydrogen (secondary N) is 1. The molecule has 8 nitrogen and oxygen atoms in total. The zero-order chi connectivity index (χ0) is 20.6. The zero-order valence-corrected chi connectivity index (χ0v) is 16.1. The number of imidazole rings is 1. The van der Waals surface area contributed by atoms with Crippen LogP contribution in [0.15, 0.2) is 78.0 Å². The highest BCUT2D eigenvalue weighted by Crippen LogP contribution is 2.25. The molecule has 0 atom stereocenters. The summed E-state index contributed by atoms with van der Waals surface area (Å²) in [6.45, 7) is 1.56. The molecule has 1 N–H and O–H groups in total. The molecule has 1 aromatic heterocycles. The summed E-state index contributed by atoms with van der Waals surface area (Å²) >= 11 is 0. The number of hydrogen-bond donors (Lipinski definition) is 1. The Labute approximate surface area is 166 Å². The molecule has 0 aliphatic rings. The van der Waals surface area contributed by atoms with Crippen molar-refractivity contribution in [1.82, 2.24) is 9.55 Å². The van der Waals surface area contributed by atoms with Crippen molar-refractivity contribution in [3.63, 3.8) is 0 Å². The summed E-state index contributed by atoms with van der Waals surface area (Å²) in [4.78, 5) is 14.7. The Hall–Kier alpha value is -3.72. The van der Waals surface area contributed by atoms with Gasteiger partial charge in [0.15, 0.2) is 0 Å². The normalized spacial score (nSPS) is 11.5. The fourth-order valence-corrected chi connectivity index (χ4v) is 4.10. The van der Waals surface area contributed by atoms with Gasteiger partial charge in [-0.3, -0.25) is 19.4 Å². The highest BCUT2D eigenvalue weighted by Gasteiger charge is 2.20. The van der Waals surface area contributed by atoms with Crippen LogP contribution in [0, 0.1) is 17.0 Å². The maximum Gasteiger partial charge on any atom is 0.273 e. The number of para-hydroxylation sites is 2. The summed E-state index contributed by atoms with van der Waals surface area (Å²) in [5.74, 6) is 0. The predicted octanol–water partition coefficient (Wildman–Crippen LogP) is 4.04. The molecule has 0 bridgehead atoms. The Morgan fingerprint density at radius 1 is 1.03 bits per heavy atom. The Kier molecular flexibility index (Phi) is 4.51. The summed E-state index contributed by atoms with van der Waals surface area (Å²) in [5.41, 5.74) is 3.13. The van der Waals surface area contributed by atoms with Crippen molar-refractivity contribution in [1.29, 1.82) is 0 Å². The Balaban J connectivity index is 1.62. The van der Waals surface area contributed by atoms with Crippen molar-refractivity contribution >= 4 is 32.4 Å². The Morgan fingerprint density at radius 2 is 1.76 bits per heavy atom. The lowest BCUT2D eigenvalue weighted by Crippen LogP contribution is -2.13. The van der Waals surface area contributed by atoms with Gasteiger partial charge in [0.1, 0.15) is 6.33 Å². The van der Waals surface area contributed by atoms with E-state index >= 15 is 0 Å². The maximum atomic E-state index is 12.6. The molecule has 29 heavy (non-hydrogen) atoms. The second-order valence-corrected chi connectivity index (χ2v) is 8.14. The van der Waals surface area contributed by atoms with E-state index in [1.54, 1.807) is 37.5 Å². The van der Waals surface area contributed by atoms with Gasteiger partial charge in [0.25, 0.3) is 15.7 Å². The number of nitro groups is 1. The largest absolute Gasteiger partial charge is 0.299 e. The minimum Gasteiger partial charge on any atom is -0.299 e. The summed E-state index contributed by atoms with van der Waals surface area (Å²) in [7, 11) is -3.96. The van der Waals surface area contributed by atoms with Gasteiger partial charge in [-0.25, -0.2) is 13.4 Å². The summed E-state index contributed by atoms with van der Waals surface area (Å²) in [6.07, 6.45) is 1.70. The van der Waals surface area contributed by atoms with Gasteiger partial charge >= 0.3 is 0 Å². The molecule has 0 radical (unpaired) electrons. The first-order chi connectivity index (χ1) is 13.8. The van der Waals surface area contributed by atoms with E-state index < -0.39 is 14.9 Å². The van der Waals surface area contributed by atoms with E-state index in [0.717, 1.165) is 22.8 Å². The molecular weight excluding hydrogens is 392 g/mol. The zero-order valence-electron chi connectivity index (χ0n) is 15.3. The smallest absolute Gasteiger partial charge is 0.273 e. The van der Waals surface area contributed by atoms with Crippen LogP contribution >= 0.6 is 0 Å². The van der Waals surface area contributed by atoms with Crippen molar-refractivity contribution in [3.8, 4) is 5.69 Å². The monoisotopic (exact) mass is 408 g/mol. The van der Waals surface area contributed by atoms with Crippen molar-refractivity contribution in [2.75, 3.05) is 4.72 Å². The number of aryl methyl sites for hydroxylation is 1. The van der Waals surface area contributed by atoms with E-state index in [9.17, 15) is 18.5 Å². The standard InChI is InChI=1S/C20H16N4O4S/c1-14-6-11-17(12-20(14)24(25)26)29(27,28)22-15-7-9-16(10-8-15)23-13-21-18-4-2-3-5-19(18)23/h2-13,22H,1H3. The van der Waals surface area contributed by atoms with E-state index in [2.05, 4.69) is 9.71 Å². The summed E-state index contributed by atoms with van der Waals surface area (Å²) in [5, 5.41) is 11.1. The van der Waals surface area contributed by atoms with Crippen LogP contribution in [0.5, 0.6) is 0 Å². The van der Waals surface area contributed by atoms with E-state index in [4.69, 9.17) is 0 Å². The molecule has 146 valence electrons. The van der Waals surface area contributed by atoms with Gasteiger partial charge in [0.05, 0.1) is 20.9 Å². The lowest BCUT2D eigenvalue weighted by molar-refractivity contribution is -0.385. The van der Waals surface area contributed by atoms with Gasteiger partial charge < -0.3 is 0 Å². The SMILES string of the molecule is Cc1ccc(S(=O)(=O)Nc2ccc(-n3cnc4ccccc43)cc2)cc1[N+](=O)[O-]. The van der Waals surface area contributed by atoms with Gasteiger partial charge in [0.2, 0.25) is 0 Å². The second-order valence-electron chi connectivity index (χ2n) is 6.46. The maximum absolute atomic E-state index is 12.6. The molecule has 0 fully saturated rings. The fraction of sp³-hybridized carbons (Fsp3) is 0.0500. The van der Waals surface area contributed by atoms with Crippen LogP contribution in [-0.2, 0) is 10.0 Å². The van der Waals surface area contributed by atoms with Crippen LogP contribution in [0.1, 0.15) is 5.56 Å². The molecule has 3 aromatic carbocycles. The average Bonchev–Trinajstić information content (AvgIpc) is 3.12. The van der Waals surface area contributed by atoms with Crippen molar-refractivity contribution in [2.24, 2.45) is 0 Å². The summed E-state index contributed by atoms with van der Waals surface area (Å²) in [6, 6.07) is 18.3. The lowest BCUT2D eigenvalue weighted by Gasteiger charge is -2.10. The Morgan fingerprint density at radius 3 is 2.48 bits per heavy atom. The van der Waals surface area contributed by atoms with Crippen LogP contribution in [0.25, 0.3) is 16.7 Å². The molecule has 0 aliphatic carbocycles. The van der Waals surface area contributed by atoms with Gasteiger partial charge in [0, 0.05) is 23.0 Å². The number of rotatable bonds is 5. The first kappa shape index (κ1) is 18.6. The lowest BCUT2D eigenvalue weighted by atomic mass is 10.2. The quantitative estimate of drug-likeness (QED) is 0.396. The van der Waals surface area contributed by atoms with E-state index in [1.807, 2.05) is 28.8 Å². The van der Waals surface area contributed by atoms with Gasteiger partial charge in [-0.1, -0.05) is 18.2 Å². The molecule has 0 unspecified atom stereocenters. The molecule has 0 saturated heterocycles. The third kappa shape index (κ3) is 3.55. The molecule has 1 heterocycles. The number of nitrogens with zero attached hydrogens (tertiary/aromatic N) is 3. The fourth-order valence-electron chi connectivity index (χ4n) is 3.02. The van der Waals surface area contributed by atoms with Crippen LogP contribution in [-0.4, -0.2) is 22.9 Å². The molecule has 0 spiro atoms. The molecule has 4 aromatic rings. The first-order valence-electron chi connectivity index (χ1n) is 8.65. The van der Waals surface area contributed by atoms with Gasteiger partial charge in [-0.15, -0.1) is 0 Å². The number of aromatic nitrogens is 2. The minimum absolute atomic E-state index is 0.167. The number of nitro benzene ring substituents is 1. The van der Waals surface area contributed by atoms with Crippen molar-refractivity contribution in [2.45, 2.75) is 11.8 Å². The average molecular weight is 408 g/mol. The third-order valence-electron chi connectivity index (χ3n) is 4.54. The first-order valence-corrected chi connectivity index (χ1v) is 10.1. The molecule has 0 saturated carbocycles.